The highest BCUT2D eigenvalue weighted by Gasteiger charge is 2.13. The molecule has 0 aliphatic heterocycles. The van der Waals surface area contributed by atoms with Crippen LogP contribution in [-0.4, -0.2) is 34.6 Å². The van der Waals surface area contributed by atoms with E-state index < -0.39 is 0 Å². The monoisotopic (exact) mass is 420 g/mol. The number of benzene rings is 2. The molecule has 7 nitrogen and oxygen atoms in total. The van der Waals surface area contributed by atoms with Crippen LogP contribution in [0.5, 0.6) is 11.5 Å². The summed E-state index contributed by atoms with van der Waals surface area (Å²) in [5.41, 5.74) is 3.88. The lowest BCUT2D eigenvalue weighted by Gasteiger charge is -2.07. The van der Waals surface area contributed by atoms with Crippen LogP contribution in [-0.2, 0) is 5.75 Å². The van der Waals surface area contributed by atoms with Gasteiger partial charge in [-0.3, -0.25) is 0 Å². The van der Waals surface area contributed by atoms with Gasteiger partial charge in [0.25, 0.3) is 0 Å². The molecule has 30 heavy (non-hydrogen) atoms. The predicted octanol–water partition coefficient (Wildman–Crippen LogP) is 4.81. The van der Waals surface area contributed by atoms with E-state index in [1.165, 1.54) is 17.3 Å². The van der Waals surface area contributed by atoms with Crippen molar-refractivity contribution < 1.29 is 14.0 Å². The van der Waals surface area contributed by atoms with Crippen LogP contribution in [0, 0.1) is 6.92 Å². The van der Waals surface area contributed by atoms with Gasteiger partial charge in [0, 0.05) is 11.1 Å². The second-order valence-electron chi connectivity index (χ2n) is 6.49. The number of hydrogen-bond donors (Lipinski definition) is 0. The third-order valence-electron chi connectivity index (χ3n) is 4.44. The number of nitrogens with zero attached hydrogens (tertiary/aromatic N) is 4. The zero-order valence-electron chi connectivity index (χ0n) is 16.8. The number of aromatic nitrogens is 4. The van der Waals surface area contributed by atoms with Crippen molar-refractivity contribution in [1.82, 2.24) is 20.3 Å². The zero-order chi connectivity index (χ0) is 20.9. The van der Waals surface area contributed by atoms with Gasteiger partial charge in [-0.05, 0) is 37.3 Å². The third-order valence-corrected chi connectivity index (χ3v) is 5.35. The maximum Gasteiger partial charge on any atom is 0.237 e. The summed E-state index contributed by atoms with van der Waals surface area (Å²) in [5.74, 6) is 2.76. The van der Waals surface area contributed by atoms with Crippen molar-refractivity contribution in [1.29, 1.82) is 0 Å². The molecule has 0 saturated heterocycles. The summed E-state index contributed by atoms with van der Waals surface area (Å²) >= 11 is 1.49. The summed E-state index contributed by atoms with van der Waals surface area (Å²) in [4.78, 5) is 4.46. The minimum atomic E-state index is 0.493. The molecule has 152 valence electrons. The van der Waals surface area contributed by atoms with Crippen molar-refractivity contribution in [2.24, 2.45) is 0 Å². The lowest BCUT2D eigenvalue weighted by Crippen LogP contribution is -1.92. The predicted molar refractivity (Wildman–Crippen MR) is 115 cm³/mol. The van der Waals surface area contributed by atoms with E-state index in [4.69, 9.17) is 14.0 Å². The van der Waals surface area contributed by atoms with Crippen molar-refractivity contribution in [3.63, 3.8) is 0 Å². The van der Waals surface area contributed by atoms with Crippen LogP contribution >= 0.6 is 11.8 Å². The molecular weight excluding hydrogens is 400 g/mol. The second-order valence-corrected chi connectivity index (χ2v) is 7.49. The highest BCUT2D eigenvalue weighted by atomic mass is 32.2. The van der Waals surface area contributed by atoms with E-state index >= 15 is 0 Å². The topological polar surface area (TPSA) is 83.2 Å². The van der Waals surface area contributed by atoms with E-state index in [9.17, 15) is 0 Å². The minimum Gasteiger partial charge on any atom is -0.493 e. The molecule has 0 N–H and O–H groups in total. The van der Waals surface area contributed by atoms with E-state index in [0.29, 0.717) is 29.0 Å². The molecule has 2 aromatic heterocycles. The van der Waals surface area contributed by atoms with Gasteiger partial charge in [0.05, 0.1) is 25.7 Å². The first-order valence-electron chi connectivity index (χ1n) is 9.25. The number of rotatable bonds is 7. The summed E-state index contributed by atoms with van der Waals surface area (Å²) < 4.78 is 16.0. The molecular formula is C22H20N4O3S. The molecule has 4 rings (SSSR count). The first-order chi connectivity index (χ1) is 14.7. The molecule has 0 atom stereocenters. The largest absolute Gasteiger partial charge is 0.493 e. The molecule has 0 fully saturated rings. The molecule has 4 aromatic rings. The highest BCUT2D eigenvalue weighted by molar-refractivity contribution is 7.98. The van der Waals surface area contributed by atoms with Crippen molar-refractivity contribution in [3.05, 3.63) is 66.1 Å². The van der Waals surface area contributed by atoms with Crippen LogP contribution in [0.25, 0.3) is 22.6 Å². The Morgan fingerprint density at radius 3 is 2.33 bits per heavy atom. The van der Waals surface area contributed by atoms with E-state index in [2.05, 4.69) is 39.4 Å². The number of methoxy groups -OCH3 is 2. The minimum absolute atomic E-state index is 0.493. The van der Waals surface area contributed by atoms with Crippen molar-refractivity contribution in [3.8, 4) is 34.1 Å². The Kier molecular flexibility index (Phi) is 5.94. The fourth-order valence-corrected chi connectivity index (χ4v) is 3.47. The average molecular weight is 420 g/mol. The molecule has 8 heteroatoms. The highest BCUT2D eigenvalue weighted by Crippen LogP contribution is 2.31. The molecule has 2 aromatic carbocycles. The number of hydrogen-bond acceptors (Lipinski definition) is 8. The molecule has 0 aliphatic rings. The summed E-state index contributed by atoms with van der Waals surface area (Å²) in [6, 6.07) is 17.6. The van der Waals surface area contributed by atoms with Gasteiger partial charge < -0.3 is 14.0 Å². The van der Waals surface area contributed by atoms with Gasteiger partial charge in [0.2, 0.25) is 11.7 Å². The Bertz CT molecular complexity index is 1130. The van der Waals surface area contributed by atoms with Gasteiger partial charge in [-0.25, -0.2) is 0 Å². The van der Waals surface area contributed by atoms with Crippen molar-refractivity contribution in [2.75, 3.05) is 14.2 Å². The summed E-state index contributed by atoms with van der Waals surface area (Å²) in [6.45, 7) is 2.06. The first kappa shape index (κ1) is 19.9. The van der Waals surface area contributed by atoms with E-state index in [1.54, 1.807) is 14.2 Å². The number of ether oxygens (including phenoxy) is 2. The molecule has 0 aliphatic carbocycles. The molecule has 0 bridgehead atoms. The van der Waals surface area contributed by atoms with E-state index in [-0.39, 0.29) is 0 Å². The van der Waals surface area contributed by atoms with Gasteiger partial charge in [-0.1, -0.05) is 46.7 Å². The van der Waals surface area contributed by atoms with Crippen LogP contribution in [0.4, 0.5) is 0 Å². The molecule has 0 saturated carbocycles. The lowest BCUT2D eigenvalue weighted by molar-refractivity contribution is 0.355. The van der Waals surface area contributed by atoms with Crippen LogP contribution in [0.1, 0.15) is 11.5 Å². The van der Waals surface area contributed by atoms with Crippen molar-refractivity contribution >= 4 is 11.8 Å². The SMILES string of the molecule is COc1ccc(-c2noc(CSc3ccc(-c4ccc(C)cc4)nn3)n2)cc1OC. The fraction of sp³-hybridized carbons (Fsp3) is 0.182. The van der Waals surface area contributed by atoms with Gasteiger partial charge in [-0.2, -0.15) is 4.98 Å². The summed E-state index contributed by atoms with van der Waals surface area (Å²) in [5, 5.41) is 13.5. The normalized spacial score (nSPS) is 10.8. The third kappa shape index (κ3) is 4.44. The van der Waals surface area contributed by atoms with Crippen molar-refractivity contribution in [2.45, 2.75) is 17.7 Å². The lowest BCUT2D eigenvalue weighted by atomic mass is 10.1. The number of aryl methyl sites for hydroxylation is 1. The van der Waals surface area contributed by atoms with Crippen LogP contribution in [0.2, 0.25) is 0 Å². The van der Waals surface area contributed by atoms with Gasteiger partial charge in [0.1, 0.15) is 5.03 Å². The van der Waals surface area contributed by atoms with E-state index in [0.717, 1.165) is 21.8 Å². The molecule has 0 unspecified atom stereocenters. The van der Waals surface area contributed by atoms with Gasteiger partial charge >= 0.3 is 0 Å². The molecule has 0 amide bonds. The Labute approximate surface area is 178 Å². The molecule has 2 heterocycles. The number of thioether (sulfide) groups is 1. The average Bonchev–Trinajstić information content (AvgIpc) is 3.27. The molecule has 0 radical (unpaired) electrons. The van der Waals surface area contributed by atoms with Crippen LogP contribution in [0.3, 0.4) is 0 Å². The fourth-order valence-electron chi connectivity index (χ4n) is 2.82. The van der Waals surface area contributed by atoms with Crippen LogP contribution < -0.4 is 9.47 Å². The molecule has 0 spiro atoms. The van der Waals surface area contributed by atoms with Gasteiger partial charge in [0.15, 0.2) is 11.5 Å². The van der Waals surface area contributed by atoms with E-state index in [1.807, 2.05) is 42.5 Å². The smallest absolute Gasteiger partial charge is 0.237 e. The maximum absolute atomic E-state index is 5.37. The Hall–Kier alpha value is -3.39. The zero-order valence-corrected chi connectivity index (χ0v) is 17.6. The quantitative estimate of drug-likeness (QED) is 0.394. The maximum atomic E-state index is 5.37. The standard InChI is InChI=1S/C22H20N4O3S/c1-14-4-6-15(7-5-14)17-9-11-21(25-24-17)30-13-20-23-22(26-29-20)16-8-10-18(27-2)19(12-16)28-3/h4-12H,13H2,1-3H3. The summed E-state index contributed by atoms with van der Waals surface area (Å²) in [6.07, 6.45) is 0. The summed E-state index contributed by atoms with van der Waals surface area (Å²) in [7, 11) is 3.18. The Balaban J connectivity index is 1.41. The van der Waals surface area contributed by atoms with Crippen LogP contribution in [0.15, 0.2) is 64.1 Å². The first-order valence-corrected chi connectivity index (χ1v) is 10.2. The van der Waals surface area contributed by atoms with Gasteiger partial charge in [-0.15, -0.1) is 10.2 Å². The second kappa shape index (κ2) is 8.96. The Morgan fingerprint density at radius 2 is 1.63 bits per heavy atom. The Morgan fingerprint density at radius 1 is 0.867 bits per heavy atom.